The van der Waals surface area contributed by atoms with Crippen molar-refractivity contribution in [2.45, 2.75) is 6.92 Å². The number of anilines is 1. The molecule has 0 spiro atoms. The third-order valence-electron chi connectivity index (χ3n) is 4.54. The van der Waals surface area contributed by atoms with Crippen LogP contribution >= 0.6 is 11.3 Å². The van der Waals surface area contributed by atoms with Gasteiger partial charge >= 0.3 is 0 Å². The van der Waals surface area contributed by atoms with E-state index in [-0.39, 0.29) is 5.91 Å². The molecule has 0 bridgehead atoms. The zero-order valence-corrected chi connectivity index (χ0v) is 17.6. The Morgan fingerprint density at radius 2 is 1.60 bits per heavy atom. The van der Waals surface area contributed by atoms with E-state index in [0.29, 0.717) is 10.8 Å². The number of carbonyl (C=O) groups is 1. The first-order chi connectivity index (χ1) is 14.6. The summed E-state index contributed by atoms with van der Waals surface area (Å²) in [6.45, 7) is 1.98. The third-order valence-corrected chi connectivity index (χ3v) is 5.43. The fourth-order valence-electron chi connectivity index (χ4n) is 2.95. The Kier molecular flexibility index (Phi) is 5.49. The Hall–Kier alpha value is -3.65. The van der Waals surface area contributed by atoms with Crippen molar-refractivity contribution in [1.29, 1.82) is 0 Å². The largest absolute Gasteiger partial charge is 0.497 e. The van der Waals surface area contributed by atoms with E-state index in [1.807, 2.05) is 55.5 Å². The molecule has 1 amide bonds. The van der Waals surface area contributed by atoms with Gasteiger partial charge in [0.1, 0.15) is 11.5 Å². The van der Waals surface area contributed by atoms with Gasteiger partial charge in [0.15, 0.2) is 10.8 Å². The van der Waals surface area contributed by atoms with Crippen molar-refractivity contribution in [3.63, 3.8) is 0 Å². The molecule has 152 valence electrons. The van der Waals surface area contributed by atoms with E-state index >= 15 is 0 Å². The van der Waals surface area contributed by atoms with Crippen molar-refractivity contribution in [2.75, 3.05) is 19.5 Å². The van der Waals surface area contributed by atoms with Gasteiger partial charge in [0.05, 0.1) is 25.6 Å². The maximum Gasteiger partial charge on any atom is 0.277 e. The molecular weight excluding hydrogens is 400 g/mol. The molecule has 2 aromatic carbocycles. The number of aromatic nitrogens is 3. The number of ether oxygens (including phenoxy) is 2. The zero-order chi connectivity index (χ0) is 21.1. The number of hydrogen-bond acceptors (Lipinski definition) is 6. The first-order valence-corrected chi connectivity index (χ1v) is 10.0. The maximum absolute atomic E-state index is 12.6. The van der Waals surface area contributed by atoms with E-state index in [1.165, 1.54) is 11.3 Å². The second-order valence-corrected chi connectivity index (χ2v) is 7.65. The lowest BCUT2D eigenvalue weighted by Crippen LogP contribution is -2.13. The molecule has 30 heavy (non-hydrogen) atoms. The lowest BCUT2D eigenvalue weighted by Gasteiger charge is -2.03. The van der Waals surface area contributed by atoms with Crippen molar-refractivity contribution in [1.82, 2.24) is 14.8 Å². The first-order valence-electron chi connectivity index (χ1n) is 9.20. The molecule has 0 saturated carbocycles. The number of methoxy groups -OCH3 is 2. The average Bonchev–Trinajstić information content (AvgIpc) is 3.41. The molecular formula is C22H20N4O3S. The van der Waals surface area contributed by atoms with Crippen LogP contribution in [0.1, 0.15) is 15.4 Å². The quantitative estimate of drug-likeness (QED) is 0.494. The van der Waals surface area contributed by atoms with Gasteiger partial charge in [0.2, 0.25) is 0 Å². The van der Waals surface area contributed by atoms with Gasteiger partial charge in [-0.25, -0.2) is 9.67 Å². The second-order valence-electron chi connectivity index (χ2n) is 6.45. The Labute approximate surface area is 177 Å². The van der Waals surface area contributed by atoms with Crippen LogP contribution in [0.25, 0.3) is 16.9 Å². The van der Waals surface area contributed by atoms with Crippen molar-refractivity contribution in [3.05, 3.63) is 71.4 Å². The number of carbonyl (C=O) groups excluding carboxylic acids is 1. The summed E-state index contributed by atoms with van der Waals surface area (Å²) in [7, 11) is 3.25. The minimum absolute atomic E-state index is 0.308. The third kappa shape index (κ3) is 4.04. The monoisotopic (exact) mass is 420 g/mol. The topological polar surface area (TPSA) is 78.3 Å². The van der Waals surface area contributed by atoms with Crippen molar-refractivity contribution >= 4 is 22.4 Å². The Bertz CT molecular complexity index is 1160. The summed E-state index contributed by atoms with van der Waals surface area (Å²) in [4.78, 5) is 18.2. The van der Waals surface area contributed by atoms with Crippen LogP contribution in [-0.2, 0) is 0 Å². The van der Waals surface area contributed by atoms with Crippen LogP contribution in [0, 0.1) is 6.92 Å². The van der Waals surface area contributed by atoms with Crippen molar-refractivity contribution in [3.8, 4) is 28.4 Å². The van der Waals surface area contributed by atoms with Crippen LogP contribution in [0.3, 0.4) is 0 Å². The summed E-state index contributed by atoms with van der Waals surface area (Å²) in [5.74, 6) is 1.24. The lowest BCUT2D eigenvalue weighted by molar-refractivity contribution is 0.102. The highest BCUT2D eigenvalue weighted by atomic mass is 32.1. The summed E-state index contributed by atoms with van der Waals surface area (Å²) in [5, 5.41) is 7.74. The minimum atomic E-state index is -0.308. The summed E-state index contributed by atoms with van der Waals surface area (Å²) in [6.07, 6.45) is 1.74. The Morgan fingerprint density at radius 3 is 2.23 bits per heavy atom. The van der Waals surface area contributed by atoms with E-state index in [4.69, 9.17) is 9.47 Å². The Balaban J connectivity index is 1.49. The Morgan fingerprint density at radius 1 is 0.967 bits per heavy atom. The van der Waals surface area contributed by atoms with Gasteiger partial charge in [0, 0.05) is 16.6 Å². The standard InChI is InChI=1S/C22H20N4O3S/c1-14-20(15-4-8-17(28-2)9-5-15)23-22(30-14)24-21(27)19-12-13-26(25-19)16-6-10-18(29-3)11-7-16/h4-13H,1-3H3,(H,23,24,27). The number of thiazole rings is 1. The van der Waals surface area contributed by atoms with Gasteiger partial charge in [-0.05, 0) is 61.5 Å². The number of rotatable bonds is 6. The molecule has 7 nitrogen and oxygen atoms in total. The molecule has 2 heterocycles. The normalized spacial score (nSPS) is 10.6. The molecule has 0 radical (unpaired) electrons. The molecule has 0 aliphatic rings. The van der Waals surface area contributed by atoms with Gasteiger partial charge in [-0.3, -0.25) is 10.1 Å². The number of hydrogen-bond donors (Lipinski definition) is 1. The van der Waals surface area contributed by atoms with Gasteiger partial charge in [-0.1, -0.05) is 0 Å². The molecule has 0 atom stereocenters. The zero-order valence-electron chi connectivity index (χ0n) is 16.7. The molecule has 8 heteroatoms. The van der Waals surface area contributed by atoms with Crippen LogP contribution in [-0.4, -0.2) is 34.9 Å². The number of nitrogens with one attached hydrogen (secondary N) is 1. The van der Waals surface area contributed by atoms with E-state index in [0.717, 1.165) is 33.3 Å². The molecule has 0 saturated heterocycles. The van der Waals surface area contributed by atoms with E-state index < -0.39 is 0 Å². The highest BCUT2D eigenvalue weighted by Gasteiger charge is 2.15. The summed E-state index contributed by atoms with van der Waals surface area (Å²) < 4.78 is 12.0. The number of aryl methyl sites for hydroxylation is 1. The highest BCUT2D eigenvalue weighted by molar-refractivity contribution is 7.16. The second kappa shape index (κ2) is 8.38. The number of nitrogens with zero attached hydrogens (tertiary/aromatic N) is 3. The van der Waals surface area contributed by atoms with Crippen LogP contribution in [0.4, 0.5) is 5.13 Å². The van der Waals surface area contributed by atoms with Crippen LogP contribution in [0.2, 0.25) is 0 Å². The first kappa shape index (κ1) is 19.7. The van der Waals surface area contributed by atoms with Gasteiger partial charge in [0.25, 0.3) is 5.91 Å². The number of benzene rings is 2. The molecule has 0 unspecified atom stereocenters. The predicted molar refractivity (Wildman–Crippen MR) is 117 cm³/mol. The van der Waals surface area contributed by atoms with E-state index in [2.05, 4.69) is 15.4 Å². The van der Waals surface area contributed by atoms with Crippen LogP contribution < -0.4 is 14.8 Å². The molecule has 4 rings (SSSR count). The van der Waals surface area contributed by atoms with Crippen molar-refractivity contribution < 1.29 is 14.3 Å². The lowest BCUT2D eigenvalue weighted by atomic mass is 10.1. The van der Waals surface area contributed by atoms with E-state index in [1.54, 1.807) is 31.2 Å². The fourth-order valence-corrected chi connectivity index (χ4v) is 3.78. The summed E-state index contributed by atoms with van der Waals surface area (Å²) >= 11 is 1.43. The fraction of sp³-hybridized carbons (Fsp3) is 0.136. The van der Waals surface area contributed by atoms with Gasteiger partial charge < -0.3 is 9.47 Å². The van der Waals surface area contributed by atoms with Crippen molar-refractivity contribution in [2.24, 2.45) is 0 Å². The van der Waals surface area contributed by atoms with Gasteiger partial charge in [-0.2, -0.15) is 5.10 Å². The average molecular weight is 420 g/mol. The molecule has 1 N–H and O–H groups in total. The van der Waals surface area contributed by atoms with E-state index in [9.17, 15) is 4.79 Å². The molecule has 0 fully saturated rings. The SMILES string of the molecule is COc1ccc(-c2nc(NC(=O)c3ccn(-c4ccc(OC)cc4)n3)sc2C)cc1. The number of amides is 1. The molecule has 4 aromatic rings. The smallest absolute Gasteiger partial charge is 0.277 e. The minimum Gasteiger partial charge on any atom is -0.497 e. The molecule has 2 aromatic heterocycles. The molecule has 0 aliphatic heterocycles. The van der Waals surface area contributed by atoms with Crippen LogP contribution in [0.15, 0.2) is 60.8 Å². The van der Waals surface area contributed by atoms with Crippen LogP contribution in [0.5, 0.6) is 11.5 Å². The predicted octanol–water partition coefficient (Wildman–Crippen LogP) is 4.57. The molecule has 0 aliphatic carbocycles. The highest BCUT2D eigenvalue weighted by Crippen LogP contribution is 2.31. The summed E-state index contributed by atoms with van der Waals surface area (Å²) in [5.41, 5.74) is 2.95. The maximum atomic E-state index is 12.6. The van der Waals surface area contributed by atoms with Gasteiger partial charge in [-0.15, -0.1) is 11.3 Å². The summed E-state index contributed by atoms with van der Waals surface area (Å²) in [6, 6.07) is 16.8.